The van der Waals surface area contributed by atoms with E-state index in [1.54, 1.807) is 12.1 Å². The minimum Gasteiger partial charge on any atom is -0.490 e. The van der Waals surface area contributed by atoms with Crippen LogP contribution in [0, 0.1) is 6.92 Å². The highest BCUT2D eigenvalue weighted by molar-refractivity contribution is 6.32. The fourth-order valence-electron chi connectivity index (χ4n) is 1.20. The second-order valence-electron chi connectivity index (χ2n) is 3.60. The van der Waals surface area contributed by atoms with Crippen molar-refractivity contribution in [2.75, 3.05) is 6.61 Å². The Kier molecular flexibility index (Phi) is 4.58. The number of aliphatic carboxylic acids is 1. The van der Waals surface area contributed by atoms with Crippen LogP contribution in [-0.2, 0) is 4.79 Å². The highest BCUT2D eigenvalue weighted by Gasteiger charge is 2.10. The van der Waals surface area contributed by atoms with Gasteiger partial charge in [-0.15, -0.1) is 0 Å². The first-order chi connectivity index (χ1) is 7.49. The molecule has 1 unspecified atom stereocenters. The molecule has 0 aliphatic heterocycles. The van der Waals surface area contributed by atoms with Gasteiger partial charge in [-0.25, -0.2) is 0 Å². The molecular formula is C11H14ClNO3. The predicted octanol–water partition coefficient (Wildman–Crippen LogP) is 1.83. The number of rotatable bonds is 5. The number of carboxylic acid groups (broad SMARTS) is 1. The molecule has 1 rings (SSSR count). The van der Waals surface area contributed by atoms with Crippen LogP contribution in [0.15, 0.2) is 18.2 Å². The van der Waals surface area contributed by atoms with Crippen LogP contribution in [0.2, 0.25) is 5.02 Å². The zero-order valence-corrected chi connectivity index (χ0v) is 9.70. The average molecular weight is 244 g/mol. The second-order valence-corrected chi connectivity index (χ2v) is 4.01. The molecule has 0 spiro atoms. The van der Waals surface area contributed by atoms with E-state index < -0.39 is 12.0 Å². The van der Waals surface area contributed by atoms with E-state index in [9.17, 15) is 4.79 Å². The first-order valence-electron chi connectivity index (χ1n) is 4.85. The Balaban J connectivity index is 2.54. The maximum Gasteiger partial charge on any atom is 0.305 e. The normalized spacial score (nSPS) is 12.2. The Morgan fingerprint density at radius 1 is 1.62 bits per heavy atom. The molecule has 1 aromatic rings. The van der Waals surface area contributed by atoms with Crippen molar-refractivity contribution in [1.29, 1.82) is 0 Å². The van der Waals surface area contributed by atoms with Gasteiger partial charge in [0.15, 0.2) is 0 Å². The number of ether oxygens (including phenoxy) is 1. The molecule has 0 saturated heterocycles. The molecule has 0 radical (unpaired) electrons. The molecular weight excluding hydrogens is 230 g/mol. The van der Waals surface area contributed by atoms with E-state index >= 15 is 0 Å². The van der Waals surface area contributed by atoms with Crippen LogP contribution in [0.4, 0.5) is 0 Å². The number of nitrogens with two attached hydrogens (primary N) is 1. The molecule has 1 atom stereocenters. The summed E-state index contributed by atoms with van der Waals surface area (Å²) in [6, 6.07) is 4.85. The van der Waals surface area contributed by atoms with Gasteiger partial charge >= 0.3 is 5.97 Å². The third kappa shape index (κ3) is 4.08. The topological polar surface area (TPSA) is 72.5 Å². The van der Waals surface area contributed by atoms with E-state index in [0.29, 0.717) is 10.8 Å². The SMILES string of the molecule is Cc1ccc(Cl)c(OCC(N)CC(=O)O)c1. The van der Waals surface area contributed by atoms with Gasteiger partial charge in [-0.05, 0) is 24.6 Å². The highest BCUT2D eigenvalue weighted by Crippen LogP contribution is 2.25. The molecule has 1 aromatic carbocycles. The fourth-order valence-corrected chi connectivity index (χ4v) is 1.37. The standard InChI is InChI=1S/C11H14ClNO3/c1-7-2-3-9(12)10(4-7)16-6-8(13)5-11(14)15/h2-4,8H,5-6,13H2,1H3,(H,14,15). The van der Waals surface area contributed by atoms with Crippen molar-refractivity contribution in [2.24, 2.45) is 5.73 Å². The smallest absolute Gasteiger partial charge is 0.305 e. The number of carbonyl (C=O) groups is 1. The zero-order chi connectivity index (χ0) is 12.1. The number of hydrogen-bond donors (Lipinski definition) is 2. The minimum atomic E-state index is -0.938. The lowest BCUT2D eigenvalue weighted by molar-refractivity contribution is -0.137. The van der Waals surface area contributed by atoms with Crippen molar-refractivity contribution in [3.05, 3.63) is 28.8 Å². The Morgan fingerprint density at radius 3 is 2.94 bits per heavy atom. The molecule has 3 N–H and O–H groups in total. The van der Waals surface area contributed by atoms with Crippen LogP contribution in [-0.4, -0.2) is 23.7 Å². The maximum atomic E-state index is 10.4. The van der Waals surface area contributed by atoms with Gasteiger partial charge in [-0.3, -0.25) is 4.79 Å². The fraction of sp³-hybridized carbons (Fsp3) is 0.364. The molecule has 0 aliphatic rings. The summed E-state index contributed by atoms with van der Waals surface area (Å²) in [5, 5.41) is 9.01. The van der Waals surface area contributed by atoms with Crippen molar-refractivity contribution in [3.63, 3.8) is 0 Å². The molecule has 0 aromatic heterocycles. The summed E-state index contributed by atoms with van der Waals surface area (Å²) in [6.07, 6.45) is -0.122. The molecule has 0 saturated carbocycles. The van der Waals surface area contributed by atoms with Gasteiger partial charge in [0, 0.05) is 6.04 Å². The number of hydrogen-bond acceptors (Lipinski definition) is 3. The lowest BCUT2D eigenvalue weighted by Crippen LogP contribution is -2.30. The quantitative estimate of drug-likeness (QED) is 0.828. The van der Waals surface area contributed by atoms with Gasteiger partial charge in [0.2, 0.25) is 0 Å². The molecule has 0 bridgehead atoms. The van der Waals surface area contributed by atoms with Gasteiger partial charge in [0.05, 0.1) is 11.4 Å². The molecule has 0 aliphatic carbocycles. The van der Waals surface area contributed by atoms with Gasteiger partial charge < -0.3 is 15.6 Å². The molecule has 88 valence electrons. The zero-order valence-electron chi connectivity index (χ0n) is 8.94. The maximum absolute atomic E-state index is 10.4. The number of halogens is 1. The van der Waals surface area contributed by atoms with Gasteiger partial charge in [0.1, 0.15) is 12.4 Å². The van der Waals surface area contributed by atoms with Crippen LogP contribution in [0.25, 0.3) is 0 Å². The Hall–Kier alpha value is -1.26. The van der Waals surface area contributed by atoms with Crippen molar-refractivity contribution in [3.8, 4) is 5.75 Å². The number of aryl methyl sites for hydroxylation is 1. The van der Waals surface area contributed by atoms with E-state index in [2.05, 4.69) is 0 Å². The summed E-state index contributed by atoms with van der Waals surface area (Å²) in [7, 11) is 0. The Bertz CT molecular complexity index is 381. The van der Waals surface area contributed by atoms with E-state index in [0.717, 1.165) is 5.56 Å². The second kappa shape index (κ2) is 5.72. The van der Waals surface area contributed by atoms with Crippen molar-refractivity contribution < 1.29 is 14.6 Å². The Labute approximate surface area is 99.0 Å². The van der Waals surface area contributed by atoms with E-state index in [4.69, 9.17) is 27.2 Å². The molecule has 0 heterocycles. The molecule has 0 amide bonds. The summed E-state index contributed by atoms with van der Waals surface area (Å²) in [4.78, 5) is 10.4. The molecule has 5 heteroatoms. The third-order valence-corrected chi connectivity index (χ3v) is 2.29. The van der Waals surface area contributed by atoms with Crippen molar-refractivity contribution in [2.45, 2.75) is 19.4 Å². The molecule has 0 fully saturated rings. The van der Waals surface area contributed by atoms with Crippen LogP contribution < -0.4 is 10.5 Å². The summed E-state index contributed by atoms with van der Waals surface area (Å²) in [5.74, 6) is -0.408. The molecule has 4 nitrogen and oxygen atoms in total. The minimum absolute atomic E-state index is 0.122. The number of benzene rings is 1. The number of carboxylic acids is 1. The third-order valence-electron chi connectivity index (χ3n) is 1.98. The Morgan fingerprint density at radius 2 is 2.31 bits per heavy atom. The summed E-state index contributed by atoms with van der Waals surface area (Å²) in [5.41, 5.74) is 6.58. The molecule has 16 heavy (non-hydrogen) atoms. The van der Waals surface area contributed by atoms with Crippen molar-refractivity contribution >= 4 is 17.6 Å². The largest absolute Gasteiger partial charge is 0.490 e. The van der Waals surface area contributed by atoms with Crippen LogP contribution >= 0.6 is 11.6 Å². The van der Waals surface area contributed by atoms with Gasteiger partial charge in [0.25, 0.3) is 0 Å². The van der Waals surface area contributed by atoms with Gasteiger partial charge in [-0.2, -0.15) is 0 Å². The summed E-state index contributed by atoms with van der Waals surface area (Å²) >= 11 is 5.90. The highest BCUT2D eigenvalue weighted by atomic mass is 35.5. The predicted molar refractivity (Wildman–Crippen MR) is 61.9 cm³/mol. The van der Waals surface area contributed by atoms with Crippen molar-refractivity contribution in [1.82, 2.24) is 0 Å². The van der Waals surface area contributed by atoms with E-state index in [1.807, 2.05) is 13.0 Å². The van der Waals surface area contributed by atoms with Crippen LogP contribution in [0.3, 0.4) is 0 Å². The first-order valence-corrected chi connectivity index (χ1v) is 5.23. The first kappa shape index (κ1) is 12.8. The van der Waals surface area contributed by atoms with E-state index in [-0.39, 0.29) is 13.0 Å². The lowest BCUT2D eigenvalue weighted by Gasteiger charge is -2.12. The summed E-state index contributed by atoms with van der Waals surface area (Å²) < 4.78 is 5.36. The monoisotopic (exact) mass is 243 g/mol. The van der Waals surface area contributed by atoms with Crippen LogP contribution in [0.5, 0.6) is 5.75 Å². The average Bonchev–Trinajstić information content (AvgIpc) is 2.18. The summed E-state index contributed by atoms with van der Waals surface area (Å²) in [6.45, 7) is 2.05. The van der Waals surface area contributed by atoms with Gasteiger partial charge in [-0.1, -0.05) is 17.7 Å². The van der Waals surface area contributed by atoms with E-state index in [1.165, 1.54) is 0 Å². The lowest BCUT2D eigenvalue weighted by atomic mass is 10.2. The van der Waals surface area contributed by atoms with Crippen LogP contribution in [0.1, 0.15) is 12.0 Å².